The molecule has 2 heterocycles. The summed E-state index contributed by atoms with van der Waals surface area (Å²) in [4.78, 5) is 20.1. The Balaban J connectivity index is 1.97. The molecule has 2 rings (SSSR count). The fourth-order valence-electron chi connectivity index (χ4n) is 4.32. The van der Waals surface area contributed by atoms with Crippen LogP contribution in [0.15, 0.2) is 0 Å². The molecule has 2 saturated heterocycles. The Morgan fingerprint density at radius 1 is 0.957 bits per heavy atom. The summed E-state index contributed by atoms with van der Waals surface area (Å²) in [7, 11) is 2.19. The molecule has 0 saturated carbocycles. The molecule has 0 aliphatic carbocycles. The van der Waals surface area contributed by atoms with E-state index in [1.807, 2.05) is 0 Å². The van der Waals surface area contributed by atoms with E-state index in [1.54, 1.807) is 0 Å². The van der Waals surface area contributed by atoms with E-state index < -0.39 is 0 Å². The number of likely N-dealkylation sites (tertiary alicyclic amines) is 1. The lowest BCUT2D eigenvalue weighted by molar-refractivity contribution is -0.144. The quantitative estimate of drug-likeness (QED) is 0.796. The van der Waals surface area contributed by atoms with Crippen molar-refractivity contribution < 1.29 is 4.79 Å². The number of rotatable bonds is 4. The molecule has 0 aromatic carbocycles. The Hall–Kier alpha value is -0.610. The second-order valence-electron chi connectivity index (χ2n) is 9.14. The zero-order valence-corrected chi connectivity index (χ0v) is 16.2. The van der Waals surface area contributed by atoms with E-state index in [4.69, 9.17) is 0 Å². The average Bonchev–Trinajstić information content (AvgIpc) is 2.46. The number of nitrogens with zero attached hydrogens (tertiary/aromatic N) is 3. The normalized spacial score (nSPS) is 23.3. The summed E-state index contributed by atoms with van der Waals surface area (Å²) in [5.74, 6) is 1.12. The van der Waals surface area contributed by atoms with Gasteiger partial charge in [-0.3, -0.25) is 9.69 Å². The minimum Gasteiger partial charge on any atom is -0.342 e. The van der Waals surface area contributed by atoms with E-state index in [2.05, 4.69) is 56.4 Å². The van der Waals surface area contributed by atoms with Gasteiger partial charge in [-0.25, -0.2) is 0 Å². The number of likely N-dealkylation sites (N-methyl/N-ethyl adjacent to an activating group) is 1. The van der Waals surface area contributed by atoms with Gasteiger partial charge in [0.2, 0.25) is 5.91 Å². The minimum atomic E-state index is -0.284. The number of piperidine rings is 1. The zero-order valence-electron chi connectivity index (χ0n) is 16.2. The molecule has 0 bridgehead atoms. The third-order valence-corrected chi connectivity index (χ3v) is 5.88. The van der Waals surface area contributed by atoms with E-state index in [0.717, 1.165) is 64.4 Å². The Labute approximate surface area is 143 Å². The molecule has 0 atom stereocenters. The maximum Gasteiger partial charge on any atom is 0.228 e. The van der Waals surface area contributed by atoms with Crippen LogP contribution in [-0.2, 0) is 4.79 Å². The van der Waals surface area contributed by atoms with E-state index >= 15 is 0 Å². The molecule has 0 radical (unpaired) electrons. The van der Waals surface area contributed by atoms with E-state index in [0.29, 0.717) is 5.91 Å². The highest BCUT2D eigenvalue weighted by Gasteiger charge is 2.40. The smallest absolute Gasteiger partial charge is 0.228 e. The van der Waals surface area contributed by atoms with Gasteiger partial charge in [0.1, 0.15) is 0 Å². The lowest BCUT2D eigenvalue weighted by atomic mass is 9.77. The van der Waals surface area contributed by atoms with Crippen molar-refractivity contribution in [3.8, 4) is 0 Å². The maximum atomic E-state index is 13.0. The summed E-state index contributed by atoms with van der Waals surface area (Å²) in [6.07, 6.45) is 3.24. The average molecular weight is 324 g/mol. The second-order valence-corrected chi connectivity index (χ2v) is 9.14. The molecule has 2 fully saturated rings. The van der Waals surface area contributed by atoms with E-state index in [9.17, 15) is 4.79 Å². The van der Waals surface area contributed by atoms with Crippen molar-refractivity contribution in [3.63, 3.8) is 0 Å². The van der Waals surface area contributed by atoms with E-state index in [-0.39, 0.29) is 11.0 Å². The fraction of sp³-hybridized carbons (Fsp3) is 0.947. The van der Waals surface area contributed by atoms with Gasteiger partial charge in [0.05, 0.1) is 0 Å². The van der Waals surface area contributed by atoms with Gasteiger partial charge < -0.3 is 9.80 Å². The van der Waals surface area contributed by atoms with Crippen molar-refractivity contribution in [2.45, 2.75) is 59.4 Å². The van der Waals surface area contributed by atoms with Crippen LogP contribution >= 0.6 is 0 Å². The van der Waals surface area contributed by atoms with Crippen LogP contribution in [-0.4, -0.2) is 72.5 Å². The number of hydrogen-bond donors (Lipinski definition) is 0. The van der Waals surface area contributed by atoms with Crippen molar-refractivity contribution in [1.82, 2.24) is 14.7 Å². The van der Waals surface area contributed by atoms with Crippen LogP contribution in [0.2, 0.25) is 0 Å². The molecule has 1 amide bonds. The SMILES string of the molecule is CC1CCN(C(=O)C(C)(C)CC(C)(C)N2CCN(C)CC2)CC1. The first-order chi connectivity index (χ1) is 10.6. The van der Waals surface area contributed by atoms with Gasteiger partial charge in [0.25, 0.3) is 0 Å². The Kier molecular flexibility index (Phi) is 5.78. The lowest BCUT2D eigenvalue weighted by Crippen LogP contribution is -2.56. The summed E-state index contributed by atoms with van der Waals surface area (Å²) in [6, 6.07) is 0. The highest BCUT2D eigenvalue weighted by Crippen LogP contribution is 2.35. The molecule has 134 valence electrons. The number of hydrogen-bond acceptors (Lipinski definition) is 3. The standard InChI is InChI=1S/C19H37N3O/c1-16-7-9-21(10-8-16)17(23)18(2,3)15-19(4,5)22-13-11-20(6)12-14-22/h16H,7-15H2,1-6H3. The first kappa shape index (κ1) is 18.7. The predicted octanol–water partition coefficient (Wildman–Crippen LogP) is 2.69. The van der Waals surface area contributed by atoms with Crippen LogP contribution in [0, 0.1) is 11.3 Å². The van der Waals surface area contributed by atoms with Gasteiger partial charge in [-0.05, 0) is 46.1 Å². The molecule has 23 heavy (non-hydrogen) atoms. The van der Waals surface area contributed by atoms with E-state index in [1.165, 1.54) is 0 Å². The summed E-state index contributed by atoms with van der Waals surface area (Å²) >= 11 is 0. The second kappa shape index (κ2) is 7.10. The molecule has 0 N–H and O–H groups in total. The molecule has 0 spiro atoms. The fourth-order valence-corrected chi connectivity index (χ4v) is 4.32. The first-order valence-electron chi connectivity index (χ1n) is 9.35. The van der Waals surface area contributed by atoms with Crippen LogP contribution in [0.3, 0.4) is 0 Å². The molecule has 0 unspecified atom stereocenters. The largest absolute Gasteiger partial charge is 0.342 e. The van der Waals surface area contributed by atoms with Gasteiger partial charge in [0.15, 0.2) is 0 Å². The minimum absolute atomic E-state index is 0.0729. The Morgan fingerprint density at radius 3 is 2.00 bits per heavy atom. The first-order valence-corrected chi connectivity index (χ1v) is 9.35. The molecule has 4 heteroatoms. The summed E-state index contributed by atoms with van der Waals surface area (Å²) in [5, 5.41) is 0. The number of carbonyl (C=O) groups is 1. The van der Waals surface area contributed by atoms with Crippen molar-refractivity contribution in [2.75, 3.05) is 46.3 Å². The third kappa shape index (κ3) is 4.69. The maximum absolute atomic E-state index is 13.0. The van der Waals surface area contributed by atoms with Gasteiger partial charge in [-0.1, -0.05) is 20.8 Å². The van der Waals surface area contributed by atoms with Crippen LogP contribution in [0.4, 0.5) is 0 Å². The Morgan fingerprint density at radius 2 is 1.48 bits per heavy atom. The lowest BCUT2D eigenvalue weighted by Gasteiger charge is -2.47. The molecule has 0 aromatic rings. The van der Waals surface area contributed by atoms with Crippen molar-refractivity contribution in [2.24, 2.45) is 11.3 Å². The number of carbonyl (C=O) groups excluding carboxylic acids is 1. The van der Waals surface area contributed by atoms with Gasteiger partial charge in [0, 0.05) is 50.2 Å². The predicted molar refractivity (Wildman–Crippen MR) is 96.5 cm³/mol. The molecular weight excluding hydrogens is 286 g/mol. The number of amides is 1. The van der Waals surface area contributed by atoms with Crippen molar-refractivity contribution in [1.29, 1.82) is 0 Å². The molecule has 0 aromatic heterocycles. The van der Waals surface area contributed by atoms with Gasteiger partial charge in [-0.2, -0.15) is 0 Å². The number of piperazine rings is 1. The van der Waals surface area contributed by atoms with Crippen LogP contribution in [0.1, 0.15) is 53.9 Å². The highest BCUT2D eigenvalue weighted by molar-refractivity contribution is 5.82. The molecular formula is C19H37N3O. The highest BCUT2D eigenvalue weighted by atomic mass is 16.2. The van der Waals surface area contributed by atoms with Crippen LogP contribution < -0.4 is 0 Å². The monoisotopic (exact) mass is 323 g/mol. The third-order valence-electron chi connectivity index (χ3n) is 5.88. The Bertz CT molecular complexity index is 403. The summed E-state index contributed by atoms with van der Waals surface area (Å²) in [6.45, 7) is 17.6. The zero-order chi connectivity index (χ0) is 17.3. The van der Waals surface area contributed by atoms with Gasteiger partial charge in [-0.15, -0.1) is 0 Å². The molecule has 2 aliphatic rings. The topological polar surface area (TPSA) is 26.8 Å². The van der Waals surface area contributed by atoms with Crippen molar-refractivity contribution in [3.05, 3.63) is 0 Å². The van der Waals surface area contributed by atoms with Crippen LogP contribution in [0.5, 0.6) is 0 Å². The van der Waals surface area contributed by atoms with Crippen LogP contribution in [0.25, 0.3) is 0 Å². The summed E-state index contributed by atoms with van der Waals surface area (Å²) in [5.41, 5.74) is -0.211. The molecule has 4 nitrogen and oxygen atoms in total. The summed E-state index contributed by atoms with van der Waals surface area (Å²) < 4.78 is 0. The van der Waals surface area contributed by atoms with Gasteiger partial charge >= 0.3 is 0 Å². The van der Waals surface area contributed by atoms with Crippen molar-refractivity contribution >= 4 is 5.91 Å². The molecule has 2 aliphatic heterocycles.